The summed E-state index contributed by atoms with van der Waals surface area (Å²) in [5.41, 5.74) is 6.61. The lowest BCUT2D eigenvalue weighted by atomic mass is 10.0. The Morgan fingerprint density at radius 1 is 1.40 bits per heavy atom. The molecule has 1 aliphatic carbocycles. The quantitative estimate of drug-likeness (QED) is 0.864. The Bertz CT molecular complexity index is 688. The Morgan fingerprint density at radius 3 is 2.90 bits per heavy atom. The minimum atomic E-state index is -0.589. The van der Waals surface area contributed by atoms with E-state index in [1.807, 2.05) is 10.9 Å². The van der Waals surface area contributed by atoms with Crippen LogP contribution in [0.3, 0.4) is 0 Å². The molecule has 2 aromatic rings. The molecule has 2 aromatic heterocycles. The first-order chi connectivity index (χ1) is 9.65. The predicted octanol–water partition coefficient (Wildman–Crippen LogP) is 1.92. The van der Waals surface area contributed by atoms with Crippen LogP contribution in [0.2, 0.25) is 0 Å². The lowest BCUT2D eigenvalue weighted by molar-refractivity contribution is -0.113. The van der Waals surface area contributed by atoms with Crippen LogP contribution in [-0.4, -0.2) is 20.7 Å². The van der Waals surface area contributed by atoms with Crippen molar-refractivity contribution < 1.29 is 9.18 Å². The summed E-state index contributed by atoms with van der Waals surface area (Å²) >= 11 is 0. The normalized spacial score (nSPS) is 14.8. The molecule has 5 nitrogen and oxygen atoms in total. The molecule has 0 spiro atoms. The van der Waals surface area contributed by atoms with Gasteiger partial charge in [0.05, 0.1) is 18.4 Å². The molecule has 20 heavy (non-hydrogen) atoms. The summed E-state index contributed by atoms with van der Waals surface area (Å²) in [5, 5.41) is 4.25. The van der Waals surface area contributed by atoms with Gasteiger partial charge in [-0.15, -0.1) is 0 Å². The van der Waals surface area contributed by atoms with E-state index in [9.17, 15) is 9.18 Å². The second kappa shape index (κ2) is 4.88. The van der Waals surface area contributed by atoms with E-state index >= 15 is 0 Å². The number of halogens is 1. The lowest BCUT2D eigenvalue weighted by Gasteiger charge is -2.04. The van der Waals surface area contributed by atoms with Crippen LogP contribution in [0.1, 0.15) is 24.4 Å². The third kappa shape index (κ3) is 2.45. The summed E-state index contributed by atoms with van der Waals surface area (Å²) in [5.74, 6) is -1.04. The summed E-state index contributed by atoms with van der Waals surface area (Å²) in [6.45, 7) is 0. The molecule has 1 fully saturated rings. The third-order valence-corrected chi connectivity index (χ3v) is 3.17. The van der Waals surface area contributed by atoms with Crippen LogP contribution in [0, 0.1) is 5.82 Å². The highest BCUT2D eigenvalue weighted by molar-refractivity contribution is 5.91. The molecule has 0 radical (unpaired) electrons. The van der Waals surface area contributed by atoms with Crippen molar-refractivity contribution in [3.05, 3.63) is 42.2 Å². The SMILES string of the molecule is NC(=O)/C=C/c1cncc(F)c1-c1cnn(C2CC2)c1. The van der Waals surface area contributed by atoms with Gasteiger partial charge in [0.25, 0.3) is 0 Å². The number of hydrogen-bond donors (Lipinski definition) is 1. The topological polar surface area (TPSA) is 73.8 Å². The number of aromatic nitrogens is 3. The first kappa shape index (κ1) is 12.5. The Labute approximate surface area is 114 Å². The molecule has 0 saturated heterocycles. The van der Waals surface area contributed by atoms with Crippen LogP contribution in [0.4, 0.5) is 4.39 Å². The standard InChI is InChI=1S/C14H13FN4O/c15-12-7-17-5-9(1-4-13(16)20)14(12)10-6-18-19(8-10)11-2-3-11/h1,4-8,11H,2-3H2,(H2,16,20)/b4-1+. The fraction of sp³-hybridized carbons (Fsp3) is 0.214. The van der Waals surface area contributed by atoms with Gasteiger partial charge in [0.1, 0.15) is 5.82 Å². The minimum absolute atomic E-state index is 0.379. The van der Waals surface area contributed by atoms with Gasteiger partial charge in [0, 0.05) is 35.2 Å². The summed E-state index contributed by atoms with van der Waals surface area (Å²) in [4.78, 5) is 14.6. The molecule has 2 heterocycles. The van der Waals surface area contributed by atoms with E-state index in [-0.39, 0.29) is 0 Å². The van der Waals surface area contributed by atoms with Crippen molar-refractivity contribution in [1.82, 2.24) is 14.8 Å². The van der Waals surface area contributed by atoms with Gasteiger partial charge in [-0.2, -0.15) is 5.10 Å². The van der Waals surface area contributed by atoms with Crippen LogP contribution in [0.5, 0.6) is 0 Å². The van der Waals surface area contributed by atoms with Crippen LogP contribution in [0.25, 0.3) is 17.2 Å². The Hall–Kier alpha value is -2.50. The van der Waals surface area contributed by atoms with Gasteiger partial charge in [-0.3, -0.25) is 14.5 Å². The number of rotatable bonds is 4. The zero-order valence-electron chi connectivity index (χ0n) is 10.7. The average Bonchev–Trinajstić information content (AvgIpc) is 3.15. The zero-order valence-corrected chi connectivity index (χ0v) is 10.7. The van der Waals surface area contributed by atoms with Crippen molar-refractivity contribution in [2.24, 2.45) is 5.73 Å². The van der Waals surface area contributed by atoms with E-state index in [0.29, 0.717) is 22.7 Å². The van der Waals surface area contributed by atoms with Gasteiger partial charge < -0.3 is 5.73 Å². The Balaban J connectivity index is 2.03. The second-order valence-electron chi connectivity index (χ2n) is 4.76. The van der Waals surface area contributed by atoms with Gasteiger partial charge in [-0.05, 0) is 18.9 Å². The average molecular weight is 272 g/mol. The van der Waals surface area contributed by atoms with Crippen molar-refractivity contribution in [3.8, 4) is 11.1 Å². The molecule has 0 atom stereocenters. The van der Waals surface area contributed by atoms with Crippen molar-refractivity contribution in [2.45, 2.75) is 18.9 Å². The molecular formula is C14H13FN4O. The fourth-order valence-corrected chi connectivity index (χ4v) is 2.06. The molecule has 1 amide bonds. The smallest absolute Gasteiger partial charge is 0.241 e. The molecule has 2 N–H and O–H groups in total. The molecule has 0 aliphatic heterocycles. The van der Waals surface area contributed by atoms with E-state index in [1.165, 1.54) is 18.3 Å². The van der Waals surface area contributed by atoms with E-state index in [0.717, 1.165) is 19.0 Å². The van der Waals surface area contributed by atoms with E-state index in [4.69, 9.17) is 5.73 Å². The van der Waals surface area contributed by atoms with E-state index in [2.05, 4.69) is 10.1 Å². The highest BCUT2D eigenvalue weighted by atomic mass is 19.1. The maximum Gasteiger partial charge on any atom is 0.241 e. The van der Waals surface area contributed by atoms with Gasteiger partial charge in [-0.25, -0.2) is 4.39 Å². The highest BCUT2D eigenvalue weighted by Crippen LogP contribution is 2.36. The van der Waals surface area contributed by atoms with Gasteiger partial charge in [0.15, 0.2) is 0 Å². The van der Waals surface area contributed by atoms with Crippen molar-refractivity contribution in [3.63, 3.8) is 0 Å². The highest BCUT2D eigenvalue weighted by Gasteiger charge is 2.25. The summed E-state index contributed by atoms with van der Waals surface area (Å²) in [7, 11) is 0. The van der Waals surface area contributed by atoms with Crippen molar-refractivity contribution >= 4 is 12.0 Å². The van der Waals surface area contributed by atoms with Gasteiger partial charge in [-0.1, -0.05) is 0 Å². The fourth-order valence-electron chi connectivity index (χ4n) is 2.06. The number of amides is 1. The molecular weight excluding hydrogens is 259 g/mol. The Kier molecular flexibility index (Phi) is 3.06. The van der Waals surface area contributed by atoms with E-state index in [1.54, 1.807) is 6.20 Å². The van der Waals surface area contributed by atoms with E-state index < -0.39 is 11.7 Å². The molecule has 1 saturated carbocycles. The number of nitrogens with zero attached hydrogens (tertiary/aromatic N) is 3. The molecule has 1 aliphatic rings. The maximum absolute atomic E-state index is 14.0. The number of nitrogens with two attached hydrogens (primary N) is 1. The second-order valence-corrected chi connectivity index (χ2v) is 4.76. The van der Waals surface area contributed by atoms with Crippen LogP contribution in [-0.2, 0) is 4.79 Å². The van der Waals surface area contributed by atoms with Crippen molar-refractivity contribution in [2.75, 3.05) is 0 Å². The number of hydrogen-bond acceptors (Lipinski definition) is 3. The summed E-state index contributed by atoms with van der Waals surface area (Å²) in [6, 6.07) is 0.429. The molecule has 0 unspecified atom stereocenters. The number of primary amides is 1. The first-order valence-corrected chi connectivity index (χ1v) is 6.30. The number of carbonyl (C=O) groups is 1. The molecule has 0 bridgehead atoms. The number of carbonyl (C=O) groups excluding carboxylic acids is 1. The lowest BCUT2D eigenvalue weighted by Crippen LogP contribution is -2.05. The monoisotopic (exact) mass is 272 g/mol. The largest absolute Gasteiger partial charge is 0.366 e. The zero-order chi connectivity index (χ0) is 14.1. The molecule has 3 rings (SSSR count). The van der Waals surface area contributed by atoms with Gasteiger partial charge in [0.2, 0.25) is 5.91 Å². The van der Waals surface area contributed by atoms with Gasteiger partial charge >= 0.3 is 0 Å². The number of pyridine rings is 1. The summed E-state index contributed by atoms with van der Waals surface area (Å²) in [6.07, 6.45) is 10.9. The summed E-state index contributed by atoms with van der Waals surface area (Å²) < 4.78 is 15.9. The van der Waals surface area contributed by atoms with Crippen molar-refractivity contribution in [1.29, 1.82) is 0 Å². The van der Waals surface area contributed by atoms with Crippen LogP contribution < -0.4 is 5.73 Å². The van der Waals surface area contributed by atoms with Crippen LogP contribution in [0.15, 0.2) is 30.9 Å². The third-order valence-electron chi connectivity index (χ3n) is 3.17. The van der Waals surface area contributed by atoms with Crippen LogP contribution >= 0.6 is 0 Å². The Morgan fingerprint density at radius 2 is 2.20 bits per heavy atom. The minimum Gasteiger partial charge on any atom is -0.366 e. The first-order valence-electron chi connectivity index (χ1n) is 6.30. The molecule has 6 heteroatoms. The molecule has 102 valence electrons. The predicted molar refractivity (Wildman–Crippen MR) is 71.9 cm³/mol. The molecule has 0 aromatic carbocycles. The maximum atomic E-state index is 14.0.